The fraction of sp³-hybridized carbons (Fsp3) is 0.190. The number of rotatable bonds is 4. The number of hydrogen-bond acceptors (Lipinski definition) is 3. The highest BCUT2D eigenvalue weighted by Crippen LogP contribution is 2.37. The van der Waals surface area contributed by atoms with Crippen LogP contribution in [0, 0.1) is 0 Å². The van der Waals surface area contributed by atoms with Crippen molar-refractivity contribution < 1.29 is 44.3 Å². The molecule has 0 saturated carbocycles. The van der Waals surface area contributed by atoms with Crippen LogP contribution in [0.3, 0.4) is 0 Å². The quantitative estimate of drug-likeness (QED) is 0.466. The van der Waals surface area contributed by atoms with E-state index in [1.807, 2.05) is 5.32 Å². The average Bonchev–Trinajstić information content (AvgIpc) is 2.73. The van der Waals surface area contributed by atoms with E-state index < -0.39 is 58.9 Å². The van der Waals surface area contributed by atoms with E-state index in [-0.39, 0.29) is 17.3 Å². The largest absolute Gasteiger partial charge is 0.416 e. The third kappa shape index (κ3) is 6.39. The van der Waals surface area contributed by atoms with E-state index >= 15 is 0 Å². The minimum atomic E-state index is -5.12. The van der Waals surface area contributed by atoms with Crippen LogP contribution >= 0.6 is 0 Å². The number of hydrogen-bond donors (Lipinski definition) is 1. The molecule has 186 valence electrons. The lowest BCUT2D eigenvalue weighted by Gasteiger charge is -2.15. The molecule has 35 heavy (non-hydrogen) atoms. The van der Waals surface area contributed by atoms with Gasteiger partial charge in [-0.2, -0.15) is 39.5 Å². The van der Waals surface area contributed by atoms with Crippen LogP contribution in [-0.4, -0.2) is 15.5 Å². The standard InChI is InChI=1S/C21H12F9N3O2/c22-19(23,24)12-3-1-11(2-4-12)16-8-18(35)33(10-31-16)9-17(34)32-15-6-13(20(25,26)27)5-14(7-15)21(28,29)30/h1-8,10H,9H2,(H,32,34). The molecule has 14 heteroatoms. The molecule has 0 spiro atoms. The molecule has 0 atom stereocenters. The number of halogens is 9. The molecule has 0 aliphatic rings. The van der Waals surface area contributed by atoms with Crippen molar-refractivity contribution in [3.63, 3.8) is 0 Å². The van der Waals surface area contributed by atoms with Crippen molar-refractivity contribution in [1.29, 1.82) is 0 Å². The van der Waals surface area contributed by atoms with Gasteiger partial charge in [0.05, 0.1) is 28.7 Å². The zero-order chi connectivity index (χ0) is 26.2. The van der Waals surface area contributed by atoms with E-state index in [0.717, 1.165) is 36.7 Å². The number of nitrogens with one attached hydrogen (secondary N) is 1. The van der Waals surface area contributed by atoms with Crippen LogP contribution in [0.15, 0.2) is 59.7 Å². The maximum Gasteiger partial charge on any atom is 0.416 e. The van der Waals surface area contributed by atoms with Crippen molar-refractivity contribution in [2.45, 2.75) is 25.1 Å². The highest BCUT2D eigenvalue weighted by Gasteiger charge is 2.37. The van der Waals surface area contributed by atoms with Crippen LogP contribution in [0.1, 0.15) is 16.7 Å². The fourth-order valence-corrected chi connectivity index (χ4v) is 2.91. The molecule has 1 aromatic heterocycles. The molecule has 0 bridgehead atoms. The smallest absolute Gasteiger partial charge is 0.325 e. The van der Waals surface area contributed by atoms with Gasteiger partial charge in [0.1, 0.15) is 6.54 Å². The summed E-state index contributed by atoms with van der Waals surface area (Å²) in [7, 11) is 0. The Morgan fingerprint density at radius 1 is 0.771 bits per heavy atom. The number of nitrogens with zero attached hydrogens (tertiary/aromatic N) is 2. The molecule has 2 aromatic carbocycles. The van der Waals surface area contributed by atoms with Crippen LogP contribution in [0.4, 0.5) is 45.2 Å². The maximum absolute atomic E-state index is 12.9. The maximum atomic E-state index is 12.9. The van der Waals surface area contributed by atoms with Gasteiger partial charge in [0.2, 0.25) is 5.91 Å². The molecule has 0 saturated heterocycles. The number of amides is 1. The Bertz CT molecular complexity index is 1260. The highest BCUT2D eigenvalue weighted by atomic mass is 19.4. The molecule has 0 fully saturated rings. The van der Waals surface area contributed by atoms with Crippen LogP contribution < -0.4 is 10.9 Å². The van der Waals surface area contributed by atoms with Gasteiger partial charge in [-0.05, 0) is 30.3 Å². The normalized spacial score (nSPS) is 12.5. The van der Waals surface area contributed by atoms with Gasteiger partial charge < -0.3 is 5.32 Å². The van der Waals surface area contributed by atoms with Gasteiger partial charge in [0, 0.05) is 17.3 Å². The average molecular weight is 509 g/mol. The summed E-state index contributed by atoms with van der Waals surface area (Å²) in [6.45, 7) is -0.809. The second-order valence-electron chi connectivity index (χ2n) is 7.16. The predicted octanol–water partition coefficient (Wildman–Crippen LogP) is 5.61. The van der Waals surface area contributed by atoms with Crippen molar-refractivity contribution in [1.82, 2.24) is 9.55 Å². The second-order valence-corrected chi connectivity index (χ2v) is 7.16. The Hall–Kier alpha value is -3.84. The topological polar surface area (TPSA) is 64.0 Å². The molecule has 1 heterocycles. The Morgan fingerprint density at radius 3 is 1.74 bits per heavy atom. The monoisotopic (exact) mass is 509 g/mol. The van der Waals surface area contributed by atoms with E-state index in [9.17, 15) is 49.1 Å². The third-order valence-electron chi connectivity index (χ3n) is 4.57. The molecule has 1 N–H and O–H groups in total. The first-order valence-corrected chi connectivity index (χ1v) is 9.37. The summed E-state index contributed by atoms with van der Waals surface area (Å²) < 4.78 is 116. The number of anilines is 1. The molecule has 3 aromatic rings. The number of carbonyl (C=O) groups is 1. The van der Waals surface area contributed by atoms with Crippen LogP contribution in [-0.2, 0) is 29.9 Å². The minimum absolute atomic E-state index is 0.0203. The van der Waals surface area contributed by atoms with Crippen molar-refractivity contribution >= 4 is 11.6 Å². The Morgan fingerprint density at radius 2 is 1.29 bits per heavy atom. The summed E-state index contributed by atoms with van der Waals surface area (Å²) in [6, 6.07) is 5.12. The van der Waals surface area contributed by atoms with Crippen LogP contribution in [0.5, 0.6) is 0 Å². The Kier molecular flexibility index (Phi) is 6.68. The first-order chi connectivity index (χ1) is 16.0. The molecule has 0 radical (unpaired) electrons. The summed E-state index contributed by atoms with van der Waals surface area (Å²) in [5.74, 6) is -1.12. The molecule has 5 nitrogen and oxygen atoms in total. The van der Waals surface area contributed by atoms with Crippen LogP contribution in [0.25, 0.3) is 11.3 Å². The SMILES string of the molecule is O=C(Cn1cnc(-c2ccc(C(F)(F)F)cc2)cc1=O)Nc1cc(C(F)(F)F)cc(C(F)(F)F)c1. The van der Waals surface area contributed by atoms with Crippen molar-refractivity contribution in [2.75, 3.05) is 5.32 Å². The van der Waals surface area contributed by atoms with Gasteiger partial charge in [0.15, 0.2) is 0 Å². The molecular weight excluding hydrogens is 497 g/mol. The summed E-state index contributed by atoms with van der Waals surface area (Å²) in [6.07, 6.45) is -13.9. The van der Waals surface area contributed by atoms with E-state index in [1.165, 1.54) is 0 Å². The molecule has 3 rings (SSSR count). The summed E-state index contributed by atoms with van der Waals surface area (Å²) in [4.78, 5) is 28.3. The lowest BCUT2D eigenvalue weighted by atomic mass is 10.1. The minimum Gasteiger partial charge on any atom is -0.325 e. The lowest BCUT2D eigenvalue weighted by Crippen LogP contribution is -2.27. The highest BCUT2D eigenvalue weighted by molar-refractivity contribution is 5.90. The lowest BCUT2D eigenvalue weighted by molar-refractivity contribution is -0.143. The summed E-state index contributed by atoms with van der Waals surface area (Å²) in [5.41, 5.74) is -5.69. The molecular formula is C21H12F9N3O2. The van der Waals surface area contributed by atoms with Crippen molar-refractivity contribution in [2.24, 2.45) is 0 Å². The second kappa shape index (κ2) is 9.07. The van der Waals surface area contributed by atoms with Crippen molar-refractivity contribution in [3.8, 4) is 11.3 Å². The summed E-state index contributed by atoms with van der Waals surface area (Å²) in [5, 5.41) is 1.88. The van der Waals surface area contributed by atoms with E-state index in [2.05, 4.69) is 4.98 Å². The predicted molar refractivity (Wildman–Crippen MR) is 104 cm³/mol. The number of aromatic nitrogens is 2. The first kappa shape index (κ1) is 25.8. The molecule has 0 aliphatic heterocycles. The van der Waals surface area contributed by atoms with Gasteiger partial charge in [-0.25, -0.2) is 4.98 Å². The number of carbonyl (C=O) groups excluding carboxylic acids is 1. The zero-order valence-corrected chi connectivity index (χ0v) is 17.0. The van der Waals surface area contributed by atoms with Crippen LogP contribution in [0.2, 0.25) is 0 Å². The van der Waals surface area contributed by atoms with E-state index in [1.54, 1.807) is 0 Å². The van der Waals surface area contributed by atoms with E-state index in [0.29, 0.717) is 16.7 Å². The van der Waals surface area contributed by atoms with Gasteiger partial charge >= 0.3 is 18.5 Å². The van der Waals surface area contributed by atoms with Crippen molar-refractivity contribution in [3.05, 3.63) is 81.9 Å². The number of alkyl halides is 9. The molecule has 1 amide bonds. The molecule has 0 unspecified atom stereocenters. The number of benzene rings is 2. The van der Waals surface area contributed by atoms with Gasteiger partial charge in [-0.15, -0.1) is 0 Å². The zero-order valence-electron chi connectivity index (χ0n) is 17.0. The van der Waals surface area contributed by atoms with E-state index in [4.69, 9.17) is 0 Å². The third-order valence-corrected chi connectivity index (χ3v) is 4.57. The Balaban J connectivity index is 1.79. The van der Waals surface area contributed by atoms with Gasteiger partial charge in [0.25, 0.3) is 5.56 Å². The van der Waals surface area contributed by atoms with Gasteiger partial charge in [-0.3, -0.25) is 14.2 Å². The van der Waals surface area contributed by atoms with Gasteiger partial charge in [-0.1, -0.05) is 12.1 Å². The molecule has 0 aliphatic carbocycles. The fourth-order valence-electron chi connectivity index (χ4n) is 2.91. The summed E-state index contributed by atoms with van der Waals surface area (Å²) >= 11 is 0. The first-order valence-electron chi connectivity index (χ1n) is 9.37. The Labute approximate surface area is 189 Å².